The topological polar surface area (TPSA) is 29.5 Å². The van der Waals surface area contributed by atoms with E-state index in [1.165, 1.54) is 0 Å². The van der Waals surface area contributed by atoms with E-state index in [4.69, 9.17) is 4.74 Å². The van der Waals surface area contributed by atoms with Gasteiger partial charge in [-0.2, -0.15) is 0 Å². The molecule has 0 heterocycles. The molecule has 1 amide bonds. The minimum absolute atomic E-state index is 0.149. The zero-order valence-electron chi connectivity index (χ0n) is 12.0. The average Bonchev–Trinajstić information content (AvgIpc) is 2.30. The van der Waals surface area contributed by atoms with Crippen LogP contribution in [0.4, 0.5) is 0 Å². The van der Waals surface area contributed by atoms with Gasteiger partial charge in [-0.15, -0.1) is 0 Å². The smallest absolute Gasteiger partial charge is 0.227 e. The van der Waals surface area contributed by atoms with Crippen molar-refractivity contribution in [3.63, 3.8) is 0 Å². The molecule has 0 N–H and O–H groups in total. The number of rotatable bonds is 4. The van der Waals surface area contributed by atoms with Crippen molar-refractivity contribution in [1.82, 2.24) is 4.90 Å². The van der Waals surface area contributed by atoms with Gasteiger partial charge in [0, 0.05) is 19.0 Å². The van der Waals surface area contributed by atoms with Crippen molar-refractivity contribution in [2.24, 2.45) is 5.41 Å². The van der Waals surface area contributed by atoms with Crippen LogP contribution in [0.1, 0.15) is 33.3 Å². The number of hydrogen-bond acceptors (Lipinski definition) is 2. The van der Waals surface area contributed by atoms with Crippen LogP contribution in [0.2, 0.25) is 0 Å². The Hall–Kier alpha value is -1.51. The Morgan fingerprint density at radius 1 is 1.22 bits per heavy atom. The van der Waals surface area contributed by atoms with Crippen molar-refractivity contribution in [2.45, 2.75) is 34.2 Å². The Bertz CT molecular complexity index is 390. The fraction of sp³-hybridized carbons (Fsp3) is 0.533. The molecule has 3 nitrogen and oxygen atoms in total. The third kappa shape index (κ3) is 4.06. The summed E-state index contributed by atoms with van der Waals surface area (Å²) in [5.74, 6) is 1.02. The summed E-state index contributed by atoms with van der Waals surface area (Å²) >= 11 is 0. The zero-order chi connectivity index (χ0) is 13.8. The average molecular weight is 249 g/mol. The lowest BCUT2D eigenvalue weighted by Gasteiger charge is -2.26. The van der Waals surface area contributed by atoms with Crippen LogP contribution in [-0.4, -0.2) is 24.5 Å². The zero-order valence-corrected chi connectivity index (χ0v) is 12.0. The van der Waals surface area contributed by atoms with Gasteiger partial charge < -0.3 is 9.64 Å². The molecule has 0 fully saturated rings. The minimum atomic E-state index is -0.333. The second-order valence-corrected chi connectivity index (χ2v) is 5.49. The van der Waals surface area contributed by atoms with Gasteiger partial charge in [-0.05, 0) is 24.6 Å². The molecule has 100 valence electrons. The van der Waals surface area contributed by atoms with Gasteiger partial charge in [0.25, 0.3) is 0 Å². The predicted octanol–water partition coefficient (Wildman–Crippen LogP) is 3.09. The van der Waals surface area contributed by atoms with Crippen LogP contribution in [0, 0.1) is 5.41 Å². The Kier molecular flexibility index (Phi) is 4.76. The molecule has 1 aromatic rings. The standard InChI is InChI=1S/C15H23NO2/c1-6-18-13-9-7-12(8-10-13)11-16(5)14(17)15(2,3)4/h7-10H,6,11H2,1-5H3. The summed E-state index contributed by atoms with van der Waals surface area (Å²) in [5, 5.41) is 0. The van der Waals surface area contributed by atoms with E-state index in [1.807, 2.05) is 59.0 Å². The van der Waals surface area contributed by atoms with Gasteiger partial charge in [0.1, 0.15) is 5.75 Å². The molecule has 0 aliphatic heterocycles. The number of ether oxygens (including phenoxy) is 1. The molecule has 0 bridgehead atoms. The molecule has 18 heavy (non-hydrogen) atoms. The largest absolute Gasteiger partial charge is 0.494 e. The maximum atomic E-state index is 12.0. The lowest BCUT2D eigenvalue weighted by Crippen LogP contribution is -2.36. The predicted molar refractivity (Wildman–Crippen MR) is 73.5 cm³/mol. The van der Waals surface area contributed by atoms with Crippen LogP contribution in [0.5, 0.6) is 5.75 Å². The van der Waals surface area contributed by atoms with Gasteiger partial charge >= 0.3 is 0 Å². The molecular weight excluding hydrogens is 226 g/mol. The van der Waals surface area contributed by atoms with Gasteiger partial charge in [-0.3, -0.25) is 4.79 Å². The quantitative estimate of drug-likeness (QED) is 0.820. The third-order valence-electron chi connectivity index (χ3n) is 2.64. The third-order valence-corrected chi connectivity index (χ3v) is 2.64. The van der Waals surface area contributed by atoms with Crippen molar-refractivity contribution >= 4 is 5.91 Å². The lowest BCUT2D eigenvalue weighted by molar-refractivity contribution is -0.138. The number of amides is 1. The van der Waals surface area contributed by atoms with Crippen molar-refractivity contribution < 1.29 is 9.53 Å². The Labute approximate surface area is 110 Å². The Morgan fingerprint density at radius 2 is 1.78 bits per heavy atom. The molecule has 0 atom stereocenters. The molecule has 0 aliphatic rings. The van der Waals surface area contributed by atoms with Crippen LogP contribution < -0.4 is 4.74 Å². The highest BCUT2D eigenvalue weighted by Gasteiger charge is 2.24. The molecule has 0 saturated heterocycles. The van der Waals surface area contributed by atoms with Crippen molar-refractivity contribution in [3.8, 4) is 5.75 Å². The van der Waals surface area contributed by atoms with E-state index in [9.17, 15) is 4.79 Å². The Balaban J connectivity index is 2.65. The van der Waals surface area contributed by atoms with E-state index in [2.05, 4.69) is 0 Å². The van der Waals surface area contributed by atoms with E-state index in [0.717, 1.165) is 11.3 Å². The van der Waals surface area contributed by atoms with E-state index >= 15 is 0 Å². The van der Waals surface area contributed by atoms with Crippen molar-refractivity contribution in [1.29, 1.82) is 0 Å². The van der Waals surface area contributed by atoms with Crippen LogP contribution in [0.15, 0.2) is 24.3 Å². The number of carbonyl (C=O) groups is 1. The molecule has 0 spiro atoms. The first kappa shape index (κ1) is 14.6. The van der Waals surface area contributed by atoms with Crippen LogP contribution in [0.25, 0.3) is 0 Å². The molecule has 1 rings (SSSR count). The fourth-order valence-electron chi connectivity index (χ4n) is 1.78. The first-order valence-corrected chi connectivity index (χ1v) is 6.32. The lowest BCUT2D eigenvalue weighted by atomic mass is 9.95. The molecular formula is C15H23NO2. The van der Waals surface area contributed by atoms with E-state index < -0.39 is 0 Å². The normalized spacial score (nSPS) is 11.2. The first-order chi connectivity index (χ1) is 8.34. The second kappa shape index (κ2) is 5.89. The summed E-state index contributed by atoms with van der Waals surface area (Å²) < 4.78 is 5.39. The Morgan fingerprint density at radius 3 is 2.22 bits per heavy atom. The molecule has 3 heteroatoms. The molecule has 0 saturated carbocycles. The number of carbonyl (C=O) groups excluding carboxylic acids is 1. The second-order valence-electron chi connectivity index (χ2n) is 5.49. The highest BCUT2D eigenvalue weighted by atomic mass is 16.5. The summed E-state index contributed by atoms with van der Waals surface area (Å²) in [7, 11) is 1.84. The van der Waals surface area contributed by atoms with E-state index in [0.29, 0.717) is 13.2 Å². The van der Waals surface area contributed by atoms with Crippen molar-refractivity contribution in [3.05, 3.63) is 29.8 Å². The number of nitrogens with zero attached hydrogens (tertiary/aromatic N) is 1. The maximum Gasteiger partial charge on any atom is 0.227 e. The first-order valence-electron chi connectivity index (χ1n) is 6.32. The minimum Gasteiger partial charge on any atom is -0.494 e. The molecule has 0 unspecified atom stereocenters. The SMILES string of the molecule is CCOc1ccc(CN(C)C(=O)C(C)(C)C)cc1. The van der Waals surface area contributed by atoms with Gasteiger partial charge in [-0.25, -0.2) is 0 Å². The monoisotopic (exact) mass is 249 g/mol. The molecule has 0 aliphatic carbocycles. The summed E-state index contributed by atoms with van der Waals surface area (Å²) in [4.78, 5) is 13.8. The van der Waals surface area contributed by atoms with Gasteiger partial charge in [0.15, 0.2) is 0 Å². The highest BCUT2D eigenvalue weighted by molar-refractivity contribution is 5.81. The van der Waals surface area contributed by atoms with Crippen molar-refractivity contribution in [2.75, 3.05) is 13.7 Å². The number of hydrogen-bond donors (Lipinski definition) is 0. The van der Waals surface area contributed by atoms with Gasteiger partial charge in [0.2, 0.25) is 5.91 Å². The van der Waals surface area contributed by atoms with E-state index in [1.54, 1.807) is 4.90 Å². The summed E-state index contributed by atoms with van der Waals surface area (Å²) in [5.41, 5.74) is 0.776. The van der Waals surface area contributed by atoms with Crippen LogP contribution >= 0.6 is 0 Å². The van der Waals surface area contributed by atoms with Crippen LogP contribution in [0.3, 0.4) is 0 Å². The van der Waals surface area contributed by atoms with Crippen LogP contribution in [-0.2, 0) is 11.3 Å². The molecule has 0 aromatic heterocycles. The maximum absolute atomic E-state index is 12.0. The fourth-order valence-corrected chi connectivity index (χ4v) is 1.78. The van der Waals surface area contributed by atoms with E-state index in [-0.39, 0.29) is 11.3 Å². The molecule has 0 radical (unpaired) electrons. The highest BCUT2D eigenvalue weighted by Crippen LogP contribution is 2.19. The summed E-state index contributed by atoms with van der Waals surface area (Å²) in [6.07, 6.45) is 0. The summed E-state index contributed by atoms with van der Waals surface area (Å²) in [6.45, 7) is 9.06. The van der Waals surface area contributed by atoms with Gasteiger partial charge in [-0.1, -0.05) is 32.9 Å². The number of benzene rings is 1. The molecule has 1 aromatic carbocycles. The summed E-state index contributed by atoms with van der Waals surface area (Å²) in [6, 6.07) is 7.87. The van der Waals surface area contributed by atoms with Gasteiger partial charge in [0.05, 0.1) is 6.61 Å².